The highest BCUT2D eigenvalue weighted by atomic mass is 15.0. The van der Waals surface area contributed by atoms with Crippen molar-refractivity contribution < 1.29 is 23.3 Å². The minimum absolute atomic E-state index is 0.184. The third kappa shape index (κ3) is 3.82. The standard InChI is InChI=1S/C42H28N2/c1-2-12-29(13-3-1)30-14-10-15-31(26-30)32-16-11-17-33(27-32)43-41-23-9-6-20-37(41)38-28-34(24-25-42(38)43)44-39-21-7-4-18-35(39)36-19-5-8-22-40(36)44/h1-28H/i1D,2D,3D,4D,7D,10D,11D,12D,13D,14D,15D,16D,17D,18D,21D,26D,27D. The van der Waals surface area contributed by atoms with Crippen LogP contribution in [0, 0.1) is 0 Å². The number of para-hydroxylation sites is 3. The molecule has 44 heavy (non-hydrogen) atoms. The smallest absolute Gasteiger partial charge is 0.0651 e. The van der Waals surface area contributed by atoms with Crippen LogP contribution in [0.5, 0.6) is 0 Å². The predicted molar refractivity (Wildman–Crippen MR) is 186 cm³/mol. The van der Waals surface area contributed by atoms with E-state index in [1.807, 2.05) is 12.1 Å². The first-order chi connectivity index (χ1) is 28.9. The zero-order valence-electron chi connectivity index (χ0n) is 39.7. The second-order valence-corrected chi connectivity index (χ2v) is 10.1. The molecule has 2 nitrogen and oxygen atoms in total. The van der Waals surface area contributed by atoms with Gasteiger partial charge in [0.1, 0.15) is 0 Å². The summed E-state index contributed by atoms with van der Waals surface area (Å²) in [5.41, 5.74) is -0.142. The number of benzene rings is 7. The van der Waals surface area contributed by atoms with Crippen LogP contribution >= 0.6 is 0 Å². The summed E-state index contributed by atoms with van der Waals surface area (Å²) in [4.78, 5) is 0. The highest BCUT2D eigenvalue weighted by molar-refractivity contribution is 6.12. The first kappa shape index (κ1) is 13.2. The van der Waals surface area contributed by atoms with Crippen LogP contribution in [0.3, 0.4) is 0 Å². The number of hydrogen-bond acceptors (Lipinski definition) is 0. The molecule has 0 amide bonds. The summed E-state index contributed by atoms with van der Waals surface area (Å²) in [7, 11) is 0. The van der Waals surface area contributed by atoms with Crippen LogP contribution in [0.15, 0.2) is 169 Å². The third-order valence-electron chi connectivity index (χ3n) is 7.68. The summed E-state index contributed by atoms with van der Waals surface area (Å²) in [6.07, 6.45) is 0. The molecular formula is C42H28N2. The van der Waals surface area contributed by atoms with E-state index in [0.29, 0.717) is 43.8 Å². The van der Waals surface area contributed by atoms with Gasteiger partial charge in [-0.1, -0.05) is 115 Å². The Bertz CT molecular complexity index is 3430. The fourth-order valence-electron chi connectivity index (χ4n) is 5.82. The minimum Gasteiger partial charge on any atom is -0.309 e. The molecule has 0 saturated carbocycles. The molecule has 206 valence electrons. The molecular weight excluding hydrogens is 532 g/mol. The molecule has 0 bridgehead atoms. The quantitative estimate of drug-likeness (QED) is 0.197. The molecule has 9 rings (SSSR count). The molecule has 0 aliphatic rings. The van der Waals surface area contributed by atoms with Crippen molar-refractivity contribution in [2.24, 2.45) is 0 Å². The second kappa shape index (κ2) is 9.86. The van der Waals surface area contributed by atoms with Gasteiger partial charge in [0.2, 0.25) is 0 Å². The summed E-state index contributed by atoms with van der Waals surface area (Å²) in [5.74, 6) is 0. The van der Waals surface area contributed by atoms with Crippen LogP contribution in [-0.2, 0) is 0 Å². The summed E-state index contributed by atoms with van der Waals surface area (Å²) in [6.45, 7) is 0. The van der Waals surface area contributed by atoms with Crippen LogP contribution in [0.25, 0.3) is 77.2 Å². The van der Waals surface area contributed by atoms with E-state index in [0.717, 1.165) is 0 Å². The van der Waals surface area contributed by atoms with E-state index in [9.17, 15) is 4.11 Å². The number of fused-ring (bicyclic) bond motifs is 6. The van der Waals surface area contributed by atoms with Gasteiger partial charge in [-0.15, -0.1) is 0 Å². The SMILES string of the molecule is [2H]c1c([2H])c([2H])c(-c2c([2H])c([2H])c([2H])c(-c3c([2H])c([2H])c([2H])c(-n4c5ccccc5c5cc(-n6c7ccccc7c7c([2H])c([2H])c([2H])c([2H])c76)ccc54)c3[2H])c2[2H])c([2H])c1[2H]. The lowest BCUT2D eigenvalue weighted by atomic mass is 9.99. The number of rotatable bonds is 4. The van der Waals surface area contributed by atoms with Gasteiger partial charge in [-0.3, -0.25) is 0 Å². The largest absolute Gasteiger partial charge is 0.309 e. The Morgan fingerprint density at radius 3 is 1.73 bits per heavy atom. The Hall–Kier alpha value is -5.86. The second-order valence-electron chi connectivity index (χ2n) is 10.1. The molecule has 0 atom stereocenters. The van der Waals surface area contributed by atoms with E-state index in [1.54, 1.807) is 63.7 Å². The van der Waals surface area contributed by atoms with Gasteiger partial charge in [-0.25, -0.2) is 0 Å². The van der Waals surface area contributed by atoms with Gasteiger partial charge in [0, 0.05) is 32.9 Å². The molecule has 2 heterocycles. The Labute approximate surface area is 279 Å². The fourth-order valence-corrected chi connectivity index (χ4v) is 5.82. The molecule has 9 aromatic rings. The summed E-state index contributed by atoms with van der Waals surface area (Å²) in [6, 6.07) is 8.84. The molecule has 0 aliphatic heterocycles. The first-order valence-corrected chi connectivity index (χ1v) is 13.7. The van der Waals surface area contributed by atoms with Crippen LogP contribution in [0.4, 0.5) is 0 Å². The molecule has 2 aromatic heterocycles. The Morgan fingerprint density at radius 1 is 0.364 bits per heavy atom. The van der Waals surface area contributed by atoms with Gasteiger partial charge < -0.3 is 9.13 Å². The zero-order valence-corrected chi connectivity index (χ0v) is 22.7. The minimum atomic E-state index is -0.811. The van der Waals surface area contributed by atoms with Crippen molar-refractivity contribution in [3.63, 3.8) is 0 Å². The zero-order chi connectivity index (χ0) is 43.8. The lowest BCUT2D eigenvalue weighted by Gasteiger charge is -2.12. The van der Waals surface area contributed by atoms with Crippen LogP contribution < -0.4 is 0 Å². The van der Waals surface area contributed by atoms with E-state index in [4.69, 9.17) is 19.2 Å². The van der Waals surface area contributed by atoms with Crippen molar-refractivity contribution in [1.29, 1.82) is 0 Å². The summed E-state index contributed by atoms with van der Waals surface area (Å²) >= 11 is 0. The Morgan fingerprint density at radius 2 is 0.932 bits per heavy atom. The number of nitrogens with zero attached hydrogens (tertiary/aromatic N) is 2. The lowest BCUT2D eigenvalue weighted by molar-refractivity contribution is 1.17. The molecule has 0 radical (unpaired) electrons. The summed E-state index contributed by atoms with van der Waals surface area (Å²) in [5, 5.41) is 2.17. The van der Waals surface area contributed by atoms with Gasteiger partial charge >= 0.3 is 0 Å². The van der Waals surface area contributed by atoms with E-state index < -0.39 is 107 Å². The monoisotopic (exact) mass is 577 g/mol. The highest BCUT2D eigenvalue weighted by Crippen LogP contribution is 2.37. The topological polar surface area (TPSA) is 9.86 Å². The van der Waals surface area contributed by atoms with Crippen molar-refractivity contribution in [1.82, 2.24) is 9.13 Å². The Balaban J connectivity index is 1.36. The van der Waals surface area contributed by atoms with Crippen molar-refractivity contribution in [3.8, 4) is 33.6 Å². The van der Waals surface area contributed by atoms with Gasteiger partial charge in [-0.05, 0) is 76.8 Å². The maximum absolute atomic E-state index is 9.63. The first-order valence-electron chi connectivity index (χ1n) is 22.2. The molecule has 7 aromatic carbocycles. The van der Waals surface area contributed by atoms with Crippen LogP contribution in [0.2, 0.25) is 0 Å². The molecule has 2 heteroatoms. The van der Waals surface area contributed by atoms with E-state index in [1.165, 1.54) is 0 Å². The van der Waals surface area contributed by atoms with Gasteiger partial charge in [0.25, 0.3) is 0 Å². The van der Waals surface area contributed by atoms with Crippen molar-refractivity contribution in [3.05, 3.63) is 169 Å². The van der Waals surface area contributed by atoms with Gasteiger partial charge in [0.05, 0.1) is 45.4 Å². The maximum atomic E-state index is 9.63. The molecule has 0 unspecified atom stereocenters. The van der Waals surface area contributed by atoms with Crippen LogP contribution in [-0.4, -0.2) is 9.13 Å². The lowest BCUT2D eigenvalue weighted by Crippen LogP contribution is -1.96. The third-order valence-corrected chi connectivity index (χ3v) is 7.68. The van der Waals surface area contributed by atoms with E-state index in [-0.39, 0.29) is 29.3 Å². The van der Waals surface area contributed by atoms with E-state index >= 15 is 0 Å². The average molecular weight is 578 g/mol. The average Bonchev–Trinajstić information content (AvgIpc) is 3.77. The van der Waals surface area contributed by atoms with Crippen LogP contribution in [0.1, 0.15) is 23.3 Å². The van der Waals surface area contributed by atoms with Crippen molar-refractivity contribution in [2.75, 3.05) is 0 Å². The molecule has 0 saturated heterocycles. The molecule has 0 fully saturated rings. The van der Waals surface area contributed by atoms with E-state index in [2.05, 4.69) is 0 Å². The number of aromatic nitrogens is 2. The Kier molecular flexibility index (Phi) is 2.96. The molecule has 0 aliphatic carbocycles. The number of hydrogen-bond donors (Lipinski definition) is 0. The van der Waals surface area contributed by atoms with Gasteiger partial charge in [-0.2, -0.15) is 0 Å². The predicted octanol–water partition coefficient (Wildman–Crippen LogP) is 11.2. The summed E-state index contributed by atoms with van der Waals surface area (Å²) < 4.78 is 152. The highest BCUT2D eigenvalue weighted by Gasteiger charge is 2.16. The molecule has 0 spiro atoms. The fraction of sp³-hybridized carbons (Fsp3) is 0. The van der Waals surface area contributed by atoms with Gasteiger partial charge in [0.15, 0.2) is 0 Å². The normalized spacial score (nSPS) is 17.0. The maximum Gasteiger partial charge on any atom is 0.0651 e. The van der Waals surface area contributed by atoms with Crippen molar-refractivity contribution >= 4 is 43.6 Å². The molecule has 0 N–H and O–H groups in total. The van der Waals surface area contributed by atoms with Crippen molar-refractivity contribution in [2.45, 2.75) is 0 Å².